The van der Waals surface area contributed by atoms with Gasteiger partial charge in [0.1, 0.15) is 0 Å². The third-order valence-electron chi connectivity index (χ3n) is 1.94. The van der Waals surface area contributed by atoms with Gasteiger partial charge in [0.2, 0.25) is 0 Å². The lowest BCUT2D eigenvalue weighted by Gasteiger charge is -2.11. The molecule has 1 rings (SSSR count). The van der Waals surface area contributed by atoms with Gasteiger partial charge in [-0.25, -0.2) is 0 Å². The van der Waals surface area contributed by atoms with Gasteiger partial charge in [0.25, 0.3) is 0 Å². The Labute approximate surface area is 144 Å². The second-order valence-electron chi connectivity index (χ2n) is 3.87. The zero-order valence-electron chi connectivity index (χ0n) is 10.5. The first-order valence-electron chi connectivity index (χ1n) is 4.87. The first kappa shape index (κ1) is 18.6. The molecule has 0 saturated carbocycles. The molecule has 0 N–H and O–H groups in total. The van der Waals surface area contributed by atoms with Crippen molar-refractivity contribution >= 4 is 51.7 Å². The summed E-state index contributed by atoms with van der Waals surface area (Å²) in [4.78, 5) is 2.90. The quantitative estimate of drug-likeness (QED) is 0.160. The van der Waals surface area contributed by atoms with E-state index in [4.69, 9.17) is 34.8 Å². The zero-order valence-corrected chi connectivity index (χ0v) is 15.7. The van der Waals surface area contributed by atoms with Gasteiger partial charge < -0.3 is 24.0 Å². The smallest absolute Gasteiger partial charge is 0.312 e. The molecule has 0 aliphatic heterocycles. The molecular formula is C11H14Cl3IN2S. The lowest BCUT2D eigenvalue weighted by Crippen LogP contribution is -3.00. The topological polar surface area (TPSA) is 6.25 Å². The maximum atomic E-state index is 6.14. The van der Waals surface area contributed by atoms with Crippen LogP contribution >= 0.6 is 46.6 Å². The lowest BCUT2D eigenvalue weighted by molar-refractivity contribution is -0.466. The van der Waals surface area contributed by atoms with Gasteiger partial charge in [-0.2, -0.15) is 0 Å². The maximum Gasteiger partial charge on any atom is 0.312 e. The SMILES string of the molecule is CN(C)C(Sc1cc(Cl)c(Cl)cc1Cl)=[N+](C)C.[I-]. The molecule has 0 saturated heterocycles. The van der Waals surface area contributed by atoms with Gasteiger partial charge in [-0.05, 0) is 23.9 Å². The van der Waals surface area contributed by atoms with E-state index in [-0.39, 0.29) is 24.0 Å². The zero-order chi connectivity index (χ0) is 13.2. The van der Waals surface area contributed by atoms with E-state index in [1.54, 1.807) is 23.9 Å². The fourth-order valence-corrected chi connectivity index (χ4v) is 2.89. The predicted molar refractivity (Wildman–Crippen MR) is 78.1 cm³/mol. The summed E-state index contributed by atoms with van der Waals surface area (Å²) >= 11 is 19.6. The fourth-order valence-electron chi connectivity index (χ4n) is 1.26. The van der Waals surface area contributed by atoms with Gasteiger partial charge >= 0.3 is 5.17 Å². The van der Waals surface area contributed by atoms with E-state index in [1.807, 2.05) is 37.7 Å². The molecule has 2 nitrogen and oxygen atoms in total. The number of amidine groups is 1. The van der Waals surface area contributed by atoms with E-state index < -0.39 is 0 Å². The van der Waals surface area contributed by atoms with Gasteiger partial charge in [0, 0.05) is 4.90 Å². The largest absolute Gasteiger partial charge is 1.00 e. The van der Waals surface area contributed by atoms with Gasteiger partial charge in [0.15, 0.2) is 0 Å². The Kier molecular flexibility index (Phi) is 8.33. The minimum atomic E-state index is 0. The average Bonchev–Trinajstić information content (AvgIpc) is 2.20. The maximum absolute atomic E-state index is 6.14. The van der Waals surface area contributed by atoms with Crippen molar-refractivity contribution in [3.63, 3.8) is 0 Å². The molecule has 0 aromatic heterocycles. The van der Waals surface area contributed by atoms with Gasteiger partial charge in [-0.15, -0.1) is 0 Å². The average molecular weight is 440 g/mol. The Balaban J connectivity index is 0.00000289. The highest BCUT2D eigenvalue weighted by molar-refractivity contribution is 8.13. The van der Waals surface area contributed by atoms with Crippen molar-refractivity contribution in [1.29, 1.82) is 0 Å². The van der Waals surface area contributed by atoms with E-state index in [0.717, 1.165) is 10.1 Å². The van der Waals surface area contributed by atoms with Crippen LogP contribution in [0.4, 0.5) is 0 Å². The summed E-state index contributed by atoms with van der Waals surface area (Å²) in [5, 5.41) is 2.64. The van der Waals surface area contributed by atoms with Crippen LogP contribution in [0.1, 0.15) is 0 Å². The standard InChI is InChI=1S/C11H14Cl3N2S.HI/c1-15(2)11(16(3)4)17-10-6-8(13)7(12)5-9(10)14;/h5-6H,1-4H3;1H/q+1;/p-1. The minimum absolute atomic E-state index is 0. The van der Waals surface area contributed by atoms with Gasteiger partial charge in [-0.1, -0.05) is 34.8 Å². The second-order valence-corrected chi connectivity index (χ2v) is 6.10. The second kappa shape index (κ2) is 8.04. The summed E-state index contributed by atoms with van der Waals surface area (Å²) in [6, 6.07) is 3.45. The van der Waals surface area contributed by atoms with Crippen LogP contribution < -0.4 is 24.0 Å². The molecular weight excluding hydrogens is 425 g/mol. The van der Waals surface area contributed by atoms with Crippen LogP contribution in [0.3, 0.4) is 0 Å². The van der Waals surface area contributed by atoms with Crippen molar-refractivity contribution in [3.05, 3.63) is 27.2 Å². The van der Waals surface area contributed by atoms with Crippen molar-refractivity contribution < 1.29 is 28.6 Å². The van der Waals surface area contributed by atoms with Crippen LogP contribution in [-0.4, -0.2) is 42.8 Å². The highest BCUT2D eigenvalue weighted by Gasteiger charge is 2.17. The normalized spacial score (nSPS) is 9.72. The number of hydrogen-bond acceptors (Lipinski definition) is 1. The van der Waals surface area contributed by atoms with E-state index >= 15 is 0 Å². The Bertz CT molecular complexity index is 460. The number of halogens is 4. The molecule has 102 valence electrons. The van der Waals surface area contributed by atoms with Crippen LogP contribution in [0, 0.1) is 0 Å². The summed E-state index contributed by atoms with van der Waals surface area (Å²) in [5.41, 5.74) is 0. The van der Waals surface area contributed by atoms with Crippen LogP contribution in [0.2, 0.25) is 15.1 Å². The molecule has 0 aliphatic carbocycles. The summed E-state index contributed by atoms with van der Waals surface area (Å²) in [6.45, 7) is 0. The number of benzene rings is 1. The Morgan fingerprint density at radius 2 is 1.56 bits per heavy atom. The third kappa shape index (κ3) is 4.96. The summed E-state index contributed by atoms with van der Waals surface area (Å²) in [7, 11) is 7.92. The highest BCUT2D eigenvalue weighted by Crippen LogP contribution is 2.35. The van der Waals surface area contributed by atoms with Gasteiger partial charge in [0.05, 0.1) is 43.3 Å². The number of thioether (sulfide) groups is 1. The highest BCUT2D eigenvalue weighted by atomic mass is 127. The summed E-state index contributed by atoms with van der Waals surface area (Å²) < 4.78 is 2.02. The van der Waals surface area contributed by atoms with Crippen molar-refractivity contribution in [1.82, 2.24) is 4.90 Å². The Morgan fingerprint density at radius 1 is 1.06 bits per heavy atom. The first-order valence-corrected chi connectivity index (χ1v) is 6.82. The molecule has 1 aromatic carbocycles. The molecule has 0 unspecified atom stereocenters. The number of nitrogens with zero attached hydrogens (tertiary/aromatic N) is 2. The van der Waals surface area contributed by atoms with E-state index in [9.17, 15) is 0 Å². The van der Waals surface area contributed by atoms with Crippen molar-refractivity contribution in [2.75, 3.05) is 28.2 Å². The van der Waals surface area contributed by atoms with Crippen LogP contribution in [0.25, 0.3) is 0 Å². The van der Waals surface area contributed by atoms with E-state index in [1.165, 1.54) is 0 Å². The van der Waals surface area contributed by atoms with E-state index in [0.29, 0.717) is 15.1 Å². The van der Waals surface area contributed by atoms with Crippen LogP contribution in [-0.2, 0) is 0 Å². The molecule has 0 bridgehead atoms. The van der Waals surface area contributed by atoms with Crippen LogP contribution in [0.15, 0.2) is 17.0 Å². The summed E-state index contributed by atoms with van der Waals surface area (Å²) in [5.74, 6) is 0. The van der Waals surface area contributed by atoms with Gasteiger partial charge in [-0.3, -0.25) is 9.48 Å². The molecule has 7 heteroatoms. The predicted octanol–water partition coefficient (Wildman–Crippen LogP) is 0.933. The molecule has 0 amide bonds. The van der Waals surface area contributed by atoms with Crippen molar-refractivity contribution in [3.8, 4) is 0 Å². The Morgan fingerprint density at radius 3 is 2.00 bits per heavy atom. The van der Waals surface area contributed by atoms with E-state index in [2.05, 4.69) is 0 Å². The fraction of sp³-hybridized carbons (Fsp3) is 0.364. The third-order valence-corrected chi connectivity index (χ3v) is 4.56. The van der Waals surface area contributed by atoms with Crippen molar-refractivity contribution in [2.24, 2.45) is 0 Å². The number of hydrogen-bond donors (Lipinski definition) is 0. The molecule has 0 aliphatic rings. The molecule has 0 heterocycles. The molecule has 0 spiro atoms. The molecule has 0 radical (unpaired) electrons. The molecule has 0 atom stereocenters. The lowest BCUT2D eigenvalue weighted by atomic mass is 10.4. The Hall–Kier alpha value is 0.640. The minimum Gasteiger partial charge on any atom is -1.00 e. The first-order chi connectivity index (χ1) is 7.82. The number of rotatable bonds is 1. The summed E-state index contributed by atoms with van der Waals surface area (Å²) in [6.07, 6.45) is 0. The van der Waals surface area contributed by atoms with Crippen molar-refractivity contribution in [2.45, 2.75) is 4.90 Å². The monoisotopic (exact) mass is 438 g/mol. The molecule has 0 fully saturated rings. The van der Waals surface area contributed by atoms with Crippen LogP contribution in [0.5, 0.6) is 0 Å². The molecule has 18 heavy (non-hydrogen) atoms. The molecule has 1 aromatic rings.